The fourth-order valence-corrected chi connectivity index (χ4v) is 2.70. The van der Waals surface area contributed by atoms with Crippen LogP contribution in [0, 0.1) is 6.92 Å². The molecule has 1 heterocycles. The number of para-hydroxylation sites is 1. The number of hydrogen-bond donors (Lipinski definition) is 1. The maximum atomic E-state index is 6.22. The van der Waals surface area contributed by atoms with Gasteiger partial charge in [0, 0.05) is 29.0 Å². The molecule has 1 aromatic heterocycles. The Morgan fingerprint density at radius 1 is 1.18 bits per heavy atom. The minimum atomic E-state index is 0.0823. The number of thiophene rings is 1. The second-order valence-corrected chi connectivity index (χ2v) is 5.59. The average molecular weight is 246 g/mol. The first-order valence-electron chi connectivity index (χ1n) is 5.75. The summed E-state index contributed by atoms with van der Waals surface area (Å²) in [6.07, 6.45) is 0. The van der Waals surface area contributed by atoms with Gasteiger partial charge in [0.2, 0.25) is 0 Å². The molecular weight excluding hydrogens is 228 g/mol. The van der Waals surface area contributed by atoms with Crippen molar-refractivity contribution in [1.29, 1.82) is 0 Å². The van der Waals surface area contributed by atoms with Crippen molar-refractivity contribution in [1.82, 2.24) is 0 Å². The maximum Gasteiger partial charge on any atom is 0.0567 e. The van der Waals surface area contributed by atoms with Gasteiger partial charge < -0.3 is 10.6 Å². The highest BCUT2D eigenvalue weighted by molar-refractivity contribution is 7.12. The minimum Gasteiger partial charge on any atom is -0.373 e. The zero-order valence-electron chi connectivity index (χ0n) is 10.3. The van der Waals surface area contributed by atoms with Crippen LogP contribution in [0.25, 0.3) is 0 Å². The van der Waals surface area contributed by atoms with E-state index in [0.717, 1.165) is 6.54 Å². The van der Waals surface area contributed by atoms with E-state index in [9.17, 15) is 0 Å². The van der Waals surface area contributed by atoms with E-state index in [1.54, 1.807) is 11.3 Å². The van der Waals surface area contributed by atoms with Crippen LogP contribution in [0.1, 0.15) is 15.8 Å². The van der Waals surface area contributed by atoms with E-state index < -0.39 is 0 Å². The normalized spacial score (nSPS) is 12.4. The number of likely N-dealkylation sites (N-methyl/N-ethyl adjacent to an activating group) is 1. The van der Waals surface area contributed by atoms with Crippen molar-refractivity contribution in [3.8, 4) is 0 Å². The van der Waals surface area contributed by atoms with Crippen molar-refractivity contribution in [2.24, 2.45) is 5.73 Å². The quantitative estimate of drug-likeness (QED) is 0.897. The van der Waals surface area contributed by atoms with Crippen LogP contribution >= 0.6 is 11.3 Å². The molecule has 0 bridgehead atoms. The molecule has 90 valence electrons. The molecule has 1 aromatic carbocycles. The lowest BCUT2D eigenvalue weighted by atomic mass is 10.2. The molecule has 2 N–H and O–H groups in total. The molecule has 0 aliphatic heterocycles. The first-order chi connectivity index (χ1) is 8.16. The number of nitrogens with zero attached hydrogens (tertiary/aromatic N) is 1. The SMILES string of the molecule is Cc1ccc(C(N)CN(C)c2ccccc2)s1. The van der Waals surface area contributed by atoms with E-state index in [2.05, 4.69) is 43.1 Å². The summed E-state index contributed by atoms with van der Waals surface area (Å²) < 4.78 is 0. The Morgan fingerprint density at radius 3 is 2.47 bits per heavy atom. The van der Waals surface area contributed by atoms with Crippen LogP contribution in [0.3, 0.4) is 0 Å². The Morgan fingerprint density at radius 2 is 1.88 bits per heavy atom. The van der Waals surface area contributed by atoms with Crippen LogP contribution in [0.15, 0.2) is 42.5 Å². The summed E-state index contributed by atoms with van der Waals surface area (Å²) >= 11 is 1.78. The third kappa shape index (κ3) is 3.08. The van der Waals surface area contributed by atoms with E-state index in [1.807, 2.05) is 18.2 Å². The van der Waals surface area contributed by atoms with E-state index in [-0.39, 0.29) is 6.04 Å². The molecule has 0 spiro atoms. The smallest absolute Gasteiger partial charge is 0.0567 e. The molecule has 0 aliphatic rings. The summed E-state index contributed by atoms with van der Waals surface area (Å²) in [6, 6.07) is 14.7. The maximum absolute atomic E-state index is 6.22. The van der Waals surface area contributed by atoms with Gasteiger partial charge in [0.25, 0.3) is 0 Å². The molecule has 2 rings (SSSR count). The van der Waals surface area contributed by atoms with E-state index >= 15 is 0 Å². The number of anilines is 1. The van der Waals surface area contributed by atoms with Crippen LogP contribution in [0.4, 0.5) is 5.69 Å². The predicted octanol–water partition coefficient (Wildman–Crippen LogP) is 3.19. The average Bonchev–Trinajstić information content (AvgIpc) is 2.77. The molecule has 1 atom stereocenters. The third-order valence-electron chi connectivity index (χ3n) is 2.79. The number of rotatable bonds is 4. The lowest BCUT2D eigenvalue weighted by Gasteiger charge is -2.22. The molecule has 17 heavy (non-hydrogen) atoms. The van der Waals surface area contributed by atoms with Gasteiger partial charge in [-0.1, -0.05) is 18.2 Å². The predicted molar refractivity (Wildman–Crippen MR) is 75.7 cm³/mol. The van der Waals surface area contributed by atoms with Crippen molar-refractivity contribution in [3.63, 3.8) is 0 Å². The summed E-state index contributed by atoms with van der Waals surface area (Å²) in [4.78, 5) is 4.77. The van der Waals surface area contributed by atoms with Crippen LogP contribution in [0.5, 0.6) is 0 Å². The van der Waals surface area contributed by atoms with Crippen molar-refractivity contribution in [2.45, 2.75) is 13.0 Å². The monoisotopic (exact) mass is 246 g/mol. The highest BCUT2D eigenvalue weighted by atomic mass is 32.1. The molecule has 2 nitrogen and oxygen atoms in total. The lowest BCUT2D eigenvalue weighted by Crippen LogP contribution is -2.28. The number of aryl methyl sites for hydroxylation is 1. The van der Waals surface area contributed by atoms with Crippen molar-refractivity contribution >= 4 is 17.0 Å². The first kappa shape index (κ1) is 12.1. The van der Waals surface area contributed by atoms with Crippen LogP contribution < -0.4 is 10.6 Å². The zero-order chi connectivity index (χ0) is 12.3. The van der Waals surface area contributed by atoms with Crippen molar-refractivity contribution in [3.05, 3.63) is 52.2 Å². The van der Waals surface area contributed by atoms with Crippen molar-refractivity contribution < 1.29 is 0 Å². The van der Waals surface area contributed by atoms with Gasteiger partial charge in [-0.25, -0.2) is 0 Å². The number of nitrogens with two attached hydrogens (primary N) is 1. The summed E-state index contributed by atoms with van der Waals surface area (Å²) in [7, 11) is 2.08. The fraction of sp³-hybridized carbons (Fsp3) is 0.286. The van der Waals surface area contributed by atoms with Gasteiger partial charge in [0.15, 0.2) is 0 Å². The number of benzene rings is 1. The zero-order valence-corrected chi connectivity index (χ0v) is 11.1. The summed E-state index contributed by atoms with van der Waals surface area (Å²) in [5.74, 6) is 0. The molecule has 2 aromatic rings. The summed E-state index contributed by atoms with van der Waals surface area (Å²) in [6.45, 7) is 2.95. The standard InChI is InChI=1S/C14H18N2S/c1-11-8-9-14(17-11)13(15)10-16(2)12-6-4-3-5-7-12/h3-9,13H,10,15H2,1-2H3. The molecule has 3 heteroatoms. The van der Waals surface area contributed by atoms with E-state index in [1.165, 1.54) is 15.4 Å². The van der Waals surface area contributed by atoms with Gasteiger partial charge in [-0.05, 0) is 31.2 Å². The molecule has 0 fully saturated rings. The molecule has 0 saturated heterocycles. The number of hydrogen-bond acceptors (Lipinski definition) is 3. The van der Waals surface area contributed by atoms with Crippen LogP contribution in [-0.2, 0) is 0 Å². The van der Waals surface area contributed by atoms with Gasteiger partial charge >= 0.3 is 0 Å². The molecule has 0 aliphatic carbocycles. The Labute approximate surface area is 107 Å². The molecule has 0 amide bonds. The fourth-order valence-electron chi connectivity index (χ4n) is 1.83. The van der Waals surface area contributed by atoms with Crippen LogP contribution in [0.2, 0.25) is 0 Å². The molecular formula is C14H18N2S. The van der Waals surface area contributed by atoms with Gasteiger partial charge in [-0.3, -0.25) is 0 Å². The van der Waals surface area contributed by atoms with Gasteiger partial charge in [-0.15, -0.1) is 11.3 Å². The Balaban J connectivity index is 2.02. The second-order valence-electron chi connectivity index (χ2n) is 4.27. The van der Waals surface area contributed by atoms with Gasteiger partial charge in [0.1, 0.15) is 0 Å². The van der Waals surface area contributed by atoms with Gasteiger partial charge in [-0.2, -0.15) is 0 Å². The lowest BCUT2D eigenvalue weighted by molar-refractivity contribution is 0.715. The summed E-state index contributed by atoms with van der Waals surface area (Å²) in [5, 5.41) is 0. The highest BCUT2D eigenvalue weighted by Crippen LogP contribution is 2.23. The van der Waals surface area contributed by atoms with Crippen molar-refractivity contribution in [2.75, 3.05) is 18.5 Å². The highest BCUT2D eigenvalue weighted by Gasteiger charge is 2.11. The third-order valence-corrected chi connectivity index (χ3v) is 3.93. The second kappa shape index (κ2) is 5.34. The largest absolute Gasteiger partial charge is 0.373 e. The van der Waals surface area contributed by atoms with Crippen LogP contribution in [-0.4, -0.2) is 13.6 Å². The van der Waals surface area contributed by atoms with Gasteiger partial charge in [0.05, 0.1) is 6.04 Å². The topological polar surface area (TPSA) is 29.3 Å². The Hall–Kier alpha value is -1.32. The molecule has 0 saturated carbocycles. The van der Waals surface area contributed by atoms with E-state index in [0.29, 0.717) is 0 Å². The Kier molecular flexibility index (Phi) is 3.82. The minimum absolute atomic E-state index is 0.0823. The molecule has 1 unspecified atom stereocenters. The Bertz CT molecular complexity index is 464. The summed E-state index contributed by atoms with van der Waals surface area (Å²) in [5.41, 5.74) is 7.42. The molecule has 0 radical (unpaired) electrons. The first-order valence-corrected chi connectivity index (χ1v) is 6.56. The van der Waals surface area contributed by atoms with E-state index in [4.69, 9.17) is 5.73 Å².